The number of ether oxygens (including phenoxy) is 1. The lowest BCUT2D eigenvalue weighted by Gasteiger charge is -2.34. The van der Waals surface area contributed by atoms with Crippen LogP contribution in [0.25, 0.3) is 0 Å². The van der Waals surface area contributed by atoms with E-state index in [1.54, 1.807) is 0 Å². The summed E-state index contributed by atoms with van der Waals surface area (Å²) in [5.41, 5.74) is -0.373. The molecule has 1 atom stereocenters. The summed E-state index contributed by atoms with van der Waals surface area (Å²) in [4.78, 5) is 11.2. The highest BCUT2D eigenvalue weighted by molar-refractivity contribution is 5.90. The van der Waals surface area contributed by atoms with Crippen molar-refractivity contribution < 1.29 is 9.53 Å². The van der Waals surface area contributed by atoms with Gasteiger partial charge in [-0.3, -0.25) is 10.1 Å². The van der Waals surface area contributed by atoms with Crippen LogP contribution in [0.15, 0.2) is 12.3 Å². The fraction of sp³-hybridized carbons (Fsp3) is 0.700. The molecule has 72 valence electrons. The van der Waals surface area contributed by atoms with Crippen molar-refractivity contribution in [2.45, 2.75) is 37.8 Å². The van der Waals surface area contributed by atoms with Gasteiger partial charge in [-0.05, 0) is 19.4 Å². The second-order valence-electron chi connectivity index (χ2n) is 3.80. The van der Waals surface area contributed by atoms with Crippen molar-refractivity contribution in [3.05, 3.63) is 12.3 Å². The van der Waals surface area contributed by atoms with E-state index in [1.807, 2.05) is 0 Å². The zero-order valence-electron chi connectivity index (χ0n) is 7.71. The van der Waals surface area contributed by atoms with Gasteiger partial charge in [-0.25, -0.2) is 0 Å². The maximum absolute atomic E-state index is 11.2. The number of hydrogen-bond donors (Lipinski definition) is 1. The maximum atomic E-state index is 11.2. The molecule has 0 amide bonds. The Morgan fingerprint density at radius 2 is 2.31 bits per heavy atom. The minimum absolute atomic E-state index is 0.167. The second-order valence-corrected chi connectivity index (χ2v) is 3.80. The Balaban J connectivity index is 2.09. The molecule has 0 radical (unpaired) electrons. The van der Waals surface area contributed by atoms with Crippen LogP contribution in [0, 0.1) is 0 Å². The maximum Gasteiger partial charge on any atom is 0.167 e. The van der Waals surface area contributed by atoms with Crippen molar-refractivity contribution in [1.29, 1.82) is 0 Å². The van der Waals surface area contributed by atoms with Gasteiger partial charge in [-0.15, -0.1) is 0 Å². The van der Waals surface area contributed by atoms with Crippen LogP contribution in [-0.4, -0.2) is 18.1 Å². The summed E-state index contributed by atoms with van der Waals surface area (Å²) in [6.45, 7) is 0.959. The average molecular weight is 181 g/mol. The minimum atomic E-state index is -0.373. The molecule has 2 heterocycles. The lowest BCUT2D eigenvalue weighted by Crippen LogP contribution is -2.48. The molecule has 0 aromatic heterocycles. The molecular weight excluding hydrogens is 166 g/mol. The van der Waals surface area contributed by atoms with E-state index in [1.165, 1.54) is 25.2 Å². The number of rotatable bonds is 0. The minimum Gasteiger partial charge on any atom is -0.480 e. The predicted octanol–water partition coefficient (Wildman–Crippen LogP) is 1.35. The third-order valence-corrected chi connectivity index (χ3v) is 2.71. The molecule has 2 aliphatic rings. The summed E-state index contributed by atoms with van der Waals surface area (Å²) in [5.74, 6) is 0.167. The molecule has 13 heavy (non-hydrogen) atoms. The SMILES string of the molecule is O=C1C=COC2(CCCCCN2)C1. The number of nitrogens with one attached hydrogen (secondary N) is 1. The molecule has 0 bridgehead atoms. The number of allylic oxidation sites excluding steroid dienone is 1. The van der Waals surface area contributed by atoms with E-state index >= 15 is 0 Å². The van der Waals surface area contributed by atoms with Crippen molar-refractivity contribution in [2.75, 3.05) is 6.54 Å². The molecule has 3 nitrogen and oxygen atoms in total. The van der Waals surface area contributed by atoms with E-state index in [-0.39, 0.29) is 11.5 Å². The van der Waals surface area contributed by atoms with Gasteiger partial charge in [0.25, 0.3) is 0 Å². The van der Waals surface area contributed by atoms with Crippen LogP contribution in [0.3, 0.4) is 0 Å². The van der Waals surface area contributed by atoms with Gasteiger partial charge < -0.3 is 4.74 Å². The average Bonchev–Trinajstić information content (AvgIpc) is 2.31. The van der Waals surface area contributed by atoms with E-state index in [9.17, 15) is 4.79 Å². The third-order valence-electron chi connectivity index (χ3n) is 2.71. The number of hydrogen-bond acceptors (Lipinski definition) is 3. The number of carbonyl (C=O) groups excluding carboxylic acids is 1. The first-order valence-electron chi connectivity index (χ1n) is 4.93. The van der Waals surface area contributed by atoms with E-state index < -0.39 is 0 Å². The fourth-order valence-corrected chi connectivity index (χ4v) is 1.99. The monoisotopic (exact) mass is 181 g/mol. The Bertz CT molecular complexity index is 227. The van der Waals surface area contributed by atoms with Crippen molar-refractivity contribution in [3.8, 4) is 0 Å². The van der Waals surface area contributed by atoms with Crippen LogP contribution in [0.2, 0.25) is 0 Å². The highest BCUT2D eigenvalue weighted by atomic mass is 16.5. The van der Waals surface area contributed by atoms with Crippen LogP contribution in [0.4, 0.5) is 0 Å². The van der Waals surface area contributed by atoms with Crippen LogP contribution < -0.4 is 5.32 Å². The van der Waals surface area contributed by atoms with Crippen molar-refractivity contribution >= 4 is 5.78 Å². The van der Waals surface area contributed by atoms with Crippen LogP contribution in [-0.2, 0) is 9.53 Å². The zero-order valence-corrected chi connectivity index (χ0v) is 7.71. The molecule has 2 aliphatic heterocycles. The third kappa shape index (κ3) is 1.91. The van der Waals surface area contributed by atoms with Crippen LogP contribution in [0.1, 0.15) is 32.1 Å². The smallest absolute Gasteiger partial charge is 0.167 e. The Labute approximate surface area is 78.1 Å². The molecule has 1 N–H and O–H groups in total. The molecule has 1 fully saturated rings. The van der Waals surface area contributed by atoms with E-state index in [0.717, 1.165) is 19.4 Å². The largest absolute Gasteiger partial charge is 0.480 e. The first kappa shape index (κ1) is 8.75. The van der Waals surface area contributed by atoms with Gasteiger partial charge in [-0.2, -0.15) is 0 Å². The topological polar surface area (TPSA) is 38.3 Å². The lowest BCUT2D eigenvalue weighted by molar-refractivity contribution is -0.124. The summed E-state index contributed by atoms with van der Waals surface area (Å²) < 4.78 is 5.54. The highest BCUT2D eigenvalue weighted by Crippen LogP contribution is 2.27. The Kier molecular flexibility index (Phi) is 2.36. The molecule has 3 heteroatoms. The fourth-order valence-electron chi connectivity index (χ4n) is 1.99. The molecular formula is C10H15NO2. The summed E-state index contributed by atoms with van der Waals surface area (Å²) in [6.07, 6.45) is 8.04. The van der Waals surface area contributed by atoms with Gasteiger partial charge in [0.2, 0.25) is 0 Å². The van der Waals surface area contributed by atoms with Gasteiger partial charge in [0.1, 0.15) is 0 Å². The quantitative estimate of drug-likeness (QED) is 0.613. The molecule has 0 aromatic carbocycles. The van der Waals surface area contributed by atoms with Crippen molar-refractivity contribution in [3.63, 3.8) is 0 Å². The first-order valence-corrected chi connectivity index (χ1v) is 4.93. The van der Waals surface area contributed by atoms with Gasteiger partial charge in [0.15, 0.2) is 11.5 Å². The van der Waals surface area contributed by atoms with Gasteiger partial charge in [0.05, 0.1) is 12.7 Å². The predicted molar refractivity (Wildman–Crippen MR) is 49.1 cm³/mol. The van der Waals surface area contributed by atoms with E-state index in [2.05, 4.69) is 5.32 Å². The summed E-state index contributed by atoms with van der Waals surface area (Å²) in [7, 11) is 0. The molecule has 0 saturated carbocycles. The summed E-state index contributed by atoms with van der Waals surface area (Å²) >= 11 is 0. The molecule has 1 unspecified atom stereocenters. The second kappa shape index (κ2) is 3.50. The van der Waals surface area contributed by atoms with Crippen molar-refractivity contribution in [1.82, 2.24) is 5.32 Å². The summed E-state index contributed by atoms with van der Waals surface area (Å²) in [5, 5.41) is 3.33. The lowest BCUT2D eigenvalue weighted by atomic mass is 9.99. The summed E-state index contributed by atoms with van der Waals surface area (Å²) in [6, 6.07) is 0. The molecule has 0 aromatic rings. The standard InChI is InChI=1S/C10H15NO2/c12-9-4-7-13-10(8-9)5-2-1-3-6-11-10/h4,7,11H,1-3,5-6,8H2. The van der Waals surface area contributed by atoms with Crippen molar-refractivity contribution in [2.24, 2.45) is 0 Å². The van der Waals surface area contributed by atoms with Gasteiger partial charge in [-0.1, -0.05) is 6.42 Å². The van der Waals surface area contributed by atoms with E-state index in [4.69, 9.17) is 4.74 Å². The molecule has 1 spiro atoms. The van der Waals surface area contributed by atoms with Crippen LogP contribution in [0.5, 0.6) is 0 Å². The Hall–Kier alpha value is -0.830. The highest BCUT2D eigenvalue weighted by Gasteiger charge is 2.35. The van der Waals surface area contributed by atoms with Crippen LogP contribution >= 0.6 is 0 Å². The van der Waals surface area contributed by atoms with Gasteiger partial charge >= 0.3 is 0 Å². The Morgan fingerprint density at radius 3 is 3.15 bits per heavy atom. The van der Waals surface area contributed by atoms with Gasteiger partial charge in [0, 0.05) is 12.5 Å². The number of carbonyl (C=O) groups is 1. The van der Waals surface area contributed by atoms with E-state index in [0.29, 0.717) is 6.42 Å². The molecule has 0 aliphatic carbocycles. The normalized spacial score (nSPS) is 34.3. The number of ketones is 1. The zero-order chi connectivity index (χ0) is 9.15. The molecule has 2 rings (SSSR count). The Morgan fingerprint density at radius 1 is 1.38 bits per heavy atom. The first-order chi connectivity index (χ1) is 6.31. The molecule has 1 saturated heterocycles.